The first-order chi connectivity index (χ1) is 18.5. The number of aromatic nitrogens is 2. The zero-order valence-electron chi connectivity index (χ0n) is 22.9. The fourth-order valence-corrected chi connectivity index (χ4v) is 6.50. The van der Waals surface area contributed by atoms with Gasteiger partial charge in [-0.1, -0.05) is 51.2 Å². The molecule has 3 aliphatic rings. The standard InChI is InChI=1S/C30H43FN6S/c1-23-13-19-37(20-14-23)27-21-26(36-17-7-2-3-8-18-36)33-28(34-27)35-29(38)32-22-30(15-5-4-6-16-30)24-9-11-25(31)12-10-24/h9-12,21,23H,2-8,13-20,22H2,1H3,(H2,32,33,34,35,38). The lowest BCUT2D eigenvalue weighted by atomic mass is 9.69. The number of benzene rings is 1. The number of anilines is 3. The van der Waals surface area contributed by atoms with Crippen LogP contribution in [0.25, 0.3) is 0 Å². The van der Waals surface area contributed by atoms with E-state index in [-0.39, 0.29) is 11.2 Å². The molecule has 1 aliphatic carbocycles. The second-order valence-electron chi connectivity index (χ2n) is 11.6. The molecule has 2 N–H and O–H groups in total. The van der Waals surface area contributed by atoms with Crippen molar-refractivity contribution in [2.24, 2.45) is 5.92 Å². The van der Waals surface area contributed by atoms with Gasteiger partial charge in [-0.25, -0.2) is 4.39 Å². The van der Waals surface area contributed by atoms with Crippen molar-refractivity contribution < 1.29 is 4.39 Å². The second kappa shape index (κ2) is 12.6. The first-order valence-electron chi connectivity index (χ1n) is 14.7. The van der Waals surface area contributed by atoms with Crippen LogP contribution in [0.1, 0.15) is 83.1 Å². The Balaban J connectivity index is 1.32. The minimum atomic E-state index is -0.190. The van der Waals surface area contributed by atoms with Crippen molar-refractivity contribution >= 4 is 34.9 Å². The number of hydrogen-bond donors (Lipinski definition) is 2. The summed E-state index contributed by atoms with van der Waals surface area (Å²) in [4.78, 5) is 14.7. The molecule has 2 aliphatic heterocycles. The Hall–Kier alpha value is -2.48. The summed E-state index contributed by atoms with van der Waals surface area (Å²) in [6.45, 7) is 7.18. The molecule has 1 aromatic carbocycles. The normalized spacial score (nSPS) is 20.6. The van der Waals surface area contributed by atoms with Crippen molar-refractivity contribution in [1.82, 2.24) is 15.3 Å². The van der Waals surface area contributed by atoms with Crippen LogP contribution in [0.15, 0.2) is 30.3 Å². The molecule has 0 bridgehead atoms. The summed E-state index contributed by atoms with van der Waals surface area (Å²) < 4.78 is 13.6. The number of thiocarbonyl (C=S) groups is 1. The van der Waals surface area contributed by atoms with Gasteiger partial charge in [-0.05, 0) is 74.4 Å². The van der Waals surface area contributed by atoms with Crippen LogP contribution in [0.3, 0.4) is 0 Å². The van der Waals surface area contributed by atoms with Crippen LogP contribution in [0.2, 0.25) is 0 Å². The van der Waals surface area contributed by atoms with Gasteiger partial charge in [-0.3, -0.25) is 0 Å². The number of halogens is 1. The molecule has 0 spiro atoms. The lowest BCUT2D eigenvalue weighted by Gasteiger charge is -2.38. The summed E-state index contributed by atoms with van der Waals surface area (Å²) >= 11 is 5.77. The molecule has 206 valence electrons. The molecule has 0 amide bonds. The number of piperidine rings is 1. The summed E-state index contributed by atoms with van der Waals surface area (Å²) in [7, 11) is 0. The van der Waals surface area contributed by atoms with E-state index in [1.165, 1.54) is 63.4 Å². The Morgan fingerprint density at radius 3 is 2.11 bits per heavy atom. The van der Waals surface area contributed by atoms with Gasteiger partial charge in [0, 0.05) is 44.2 Å². The van der Waals surface area contributed by atoms with Crippen LogP contribution < -0.4 is 20.4 Å². The molecular formula is C30H43FN6S. The van der Waals surface area contributed by atoms with E-state index in [0.29, 0.717) is 17.6 Å². The molecule has 1 saturated carbocycles. The van der Waals surface area contributed by atoms with E-state index in [0.717, 1.165) is 56.6 Å². The van der Waals surface area contributed by atoms with E-state index < -0.39 is 0 Å². The maximum absolute atomic E-state index is 13.6. The second-order valence-corrected chi connectivity index (χ2v) is 12.0. The van der Waals surface area contributed by atoms with Crippen LogP contribution in [0, 0.1) is 11.7 Å². The molecule has 6 nitrogen and oxygen atoms in total. The zero-order valence-corrected chi connectivity index (χ0v) is 23.7. The molecule has 1 aromatic heterocycles. The van der Waals surface area contributed by atoms with Gasteiger partial charge >= 0.3 is 0 Å². The molecule has 8 heteroatoms. The van der Waals surface area contributed by atoms with Crippen molar-refractivity contribution in [2.75, 3.05) is 47.8 Å². The Kier molecular flexibility index (Phi) is 8.97. The Morgan fingerprint density at radius 1 is 0.895 bits per heavy atom. The third-order valence-electron chi connectivity index (χ3n) is 8.82. The Labute approximate surface area is 232 Å². The van der Waals surface area contributed by atoms with Crippen molar-refractivity contribution in [1.29, 1.82) is 0 Å². The molecule has 3 heterocycles. The minimum absolute atomic E-state index is 0.0396. The van der Waals surface area contributed by atoms with Gasteiger partial charge in [0.05, 0.1) is 0 Å². The van der Waals surface area contributed by atoms with Crippen molar-refractivity contribution in [3.8, 4) is 0 Å². The molecule has 5 rings (SSSR count). The van der Waals surface area contributed by atoms with Gasteiger partial charge in [0.1, 0.15) is 17.5 Å². The van der Waals surface area contributed by atoms with E-state index in [2.05, 4.69) is 33.4 Å². The van der Waals surface area contributed by atoms with Gasteiger partial charge in [-0.15, -0.1) is 0 Å². The van der Waals surface area contributed by atoms with E-state index in [9.17, 15) is 4.39 Å². The highest BCUT2D eigenvalue weighted by atomic mass is 32.1. The fraction of sp³-hybridized carbons (Fsp3) is 0.633. The molecule has 2 aromatic rings. The lowest BCUT2D eigenvalue weighted by molar-refractivity contribution is 0.292. The summed E-state index contributed by atoms with van der Waals surface area (Å²) in [5.41, 5.74) is 1.15. The number of nitrogens with one attached hydrogen (secondary N) is 2. The van der Waals surface area contributed by atoms with Gasteiger partial charge in [0.2, 0.25) is 5.95 Å². The number of nitrogens with zero attached hydrogens (tertiary/aromatic N) is 4. The molecule has 3 fully saturated rings. The molecule has 0 unspecified atom stereocenters. The van der Waals surface area contributed by atoms with Gasteiger partial charge in [-0.2, -0.15) is 9.97 Å². The van der Waals surface area contributed by atoms with Crippen LogP contribution in [0.5, 0.6) is 0 Å². The Morgan fingerprint density at radius 2 is 1.47 bits per heavy atom. The van der Waals surface area contributed by atoms with E-state index in [4.69, 9.17) is 22.2 Å². The average molecular weight is 539 g/mol. The van der Waals surface area contributed by atoms with Crippen molar-refractivity contribution in [3.63, 3.8) is 0 Å². The highest BCUT2D eigenvalue weighted by molar-refractivity contribution is 7.80. The largest absolute Gasteiger partial charge is 0.361 e. The maximum atomic E-state index is 13.6. The zero-order chi connectivity index (χ0) is 26.4. The molecule has 0 radical (unpaired) electrons. The number of rotatable bonds is 6. The first-order valence-corrected chi connectivity index (χ1v) is 15.1. The average Bonchev–Trinajstić information content (AvgIpc) is 3.23. The van der Waals surface area contributed by atoms with Crippen LogP contribution >= 0.6 is 12.2 Å². The molecule has 38 heavy (non-hydrogen) atoms. The molecule has 0 atom stereocenters. The summed E-state index contributed by atoms with van der Waals surface area (Å²) in [6, 6.07) is 9.21. The van der Waals surface area contributed by atoms with E-state index >= 15 is 0 Å². The highest BCUT2D eigenvalue weighted by Gasteiger charge is 2.34. The number of hydrogen-bond acceptors (Lipinski definition) is 5. The van der Waals surface area contributed by atoms with E-state index in [1.54, 1.807) is 12.1 Å². The predicted octanol–water partition coefficient (Wildman–Crippen LogP) is 6.42. The van der Waals surface area contributed by atoms with Crippen LogP contribution in [-0.4, -0.2) is 47.8 Å². The monoisotopic (exact) mass is 538 g/mol. The third kappa shape index (κ3) is 6.74. The highest BCUT2D eigenvalue weighted by Crippen LogP contribution is 2.39. The molecular weight excluding hydrogens is 495 g/mol. The smallest absolute Gasteiger partial charge is 0.232 e. The summed E-state index contributed by atoms with van der Waals surface area (Å²) in [5, 5.41) is 7.36. The van der Waals surface area contributed by atoms with Gasteiger partial charge in [0.15, 0.2) is 5.11 Å². The summed E-state index contributed by atoms with van der Waals surface area (Å²) in [5.74, 6) is 3.13. The van der Waals surface area contributed by atoms with Gasteiger partial charge < -0.3 is 20.4 Å². The topological polar surface area (TPSA) is 56.3 Å². The summed E-state index contributed by atoms with van der Waals surface area (Å²) in [6.07, 6.45) is 13.1. The predicted molar refractivity (Wildman–Crippen MR) is 159 cm³/mol. The van der Waals surface area contributed by atoms with Gasteiger partial charge in [0.25, 0.3) is 0 Å². The first kappa shape index (κ1) is 27.1. The van der Waals surface area contributed by atoms with Crippen molar-refractivity contribution in [2.45, 2.75) is 83.0 Å². The minimum Gasteiger partial charge on any atom is -0.361 e. The van der Waals surface area contributed by atoms with Crippen molar-refractivity contribution in [3.05, 3.63) is 41.7 Å². The van der Waals surface area contributed by atoms with Crippen LogP contribution in [0.4, 0.5) is 22.0 Å². The Bertz CT molecular complexity index is 1050. The quantitative estimate of drug-likeness (QED) is 0.412. The SMILES string of the molecule is CC1CCN(c2cc(N3CCCCCC3)nc(NC(=S)NCC3(c4ccc(F)cc4)CCCCC3)n2)CC1. The molecule has 2 saturated heterocycles. The fourth-order valence-electron chi connectivity index (χ4n) is 6.33. The van der Waals surface area contributed by atoms with Crippen LogP contribution in [-0.2, 0) is 5.41 Å². The third-order valence-corrected chi connectivity index (χ3v) is 9.06. The lowest BCUT2D eigenvalue weighted by Crippen LogP contribution is -2.43. The maximum Gasteiger partial charge on any atom is 0.232 e. The van der Waals surface area contributed by atoms with E-state index in [1.807, 2.05) is 12.1 Å².